The van der Waals surface area contributed by atoms with Crippen molar-refractivity contribution in [3.63, 3.8) is 0 Å². The van der Waals surface area contributed by atoms with Gasteiger partial charge in [0.05, 0.1) is 38.7 Å². The summed E-state index contributed by atoms with van der Waals surface area (Å²) < 4.78 is 16.8. The number of allylic oxidation sites excluding steroid dienone is 1. The second kappa shape index (κ2) is 11.7. The number of hydrogen-bond donors (Lipinski definition) is 1. The fourth-order valence-corrected chi connectivity index (χ4v) is 6.17. The van der Waals surface area contributed by atoms with Crippen molar-refractivity contribution in [2.75, 3.05) is 31.5 Å². The van der Waals surface area contributed by atoms with E-state index in [2.05, 4.69) is 5.32 Å². The number of carbonyl (C=O) groups excluding carboxylic acids is 2. The molecule has 218 valence electrons. The van der Waals surface area contributed by atoms with Gasteiger partial charge in [-0.05, 0) is 66.8 Å². The second-order valence-corrected chi connectivity index (χ2v) is 10.9. The number of amides is 1. The van der Waals surface area contributed by atoms with Crippen molar-refractivity contribution < 1.29 is 23.8 Å². The molecule has 2 aliphatic rings. The van der Waals surface area contributed by atoms with E-state index >= 15 is 0 Å². The Kier molecular flexibility index (Phi) is 7.63. The Labute approximate surface area is 251 Å². The van der Waals surface area contributed by atoms with E-state index in [0.717, 1.165) is 28.1 Å². The molecule has 0 fully saturated rings. The monoisotopic (exact) mass is 574 g/mol. The van der Waals surface area contributed by atoms with Crippen molar-refractivity contribution in [1.29, 1.82) is 0 Å². The Morgan fingerprint density at radius 2 is 1.44 bits per heavy atom. The number of Topliss-reactive ketones (excluding diaryl/α,β-unsaturated/α-hetero) is 1. The van der Waals surface area contributed by atoms with Crippen LogP contribution in [0.5, 0.6) is 17.2 Å². The van der Waals surface area contributed by atoms with E-state index in [1.165, 1.54) is 0 Å². The average molecular weight is 575 g/mol. The molecular formula is C36H34N2O5. The molecule has 6 rings (SSSR count). The Bertz CT molecular complexity index is 1690. The summed E-state index contributed by atoms with van der Waals surface area (Å²) in [6.07, 6.45) is 0.828. The number of ketones is 1. The summed E-state index contributed by atoms with van der Waals surface area (Å²) in [6.45, 7) is 2.03. The molecular weight excluding hydrogens is 540 g/mol. The predicted octanol–water partition coefficient (Wildman–Crippen LogP) is 7.24. The fourth-order valence-electron chi connectivity index (χ4n) is 6.17. The van der Waals surface area contributed by atoms with E-state index in [4.69, 9.17) is 14.2 Å². The standard InChI is InChI=1S/C36H34N2O5/c1-22-14-16-23(17-15-22)34-33-28(18-25(19-30(33)39)26-20-31(41-2)35(43-4)32(21-26)42-3)37-27-12-8-9-13-29(27)38(34)36(40)24-10-6-5-7-11-24/h5-17,20-21,25,34,37H,18-19H2,1-4H3/t25-,34-/m0/s1. The van der Waals surface area contributed by atoms with Crippen molar-refractivity contribution in [3.05, 3.63) is 125 Å². The van der Waals surface area contributed by atoms with Crippen molar-refractivity contribution in [2.24, 2.45) is 0 Å². The number of nitrogens with one attached hydrogen (secondary N) is 1. The zero-order valence-corrected chi connectivity index (χ0v) is 24.7. The molecule has 0 spiro atoms. The molecule has 0 radical (unpaired) electrons. The van der Waals surface area contributed by atoms with E-state index in [0.29, 0.717) is 40.5 Å². The lowest BCUT2D eigenvalue weighted by atomic mass is 9.78. The first-order valence-corrected chi connectivity index (χ1v) is 14.3. The van der Waals surface area contributed by atoms with Gasteiger partial charge in [-0.15, -0.1) is 0 Å². The molecule has 0 bridgehead atoms. The van der Waals surface area contributed by atoms with Gasteiger partial charge in [-0.25, -0.2) is 0 Å². The lowest BCUT2D eigenvalue weighted by Crippen LogP contribution is -2.38. The van der Waals surface area contributed by atoms with Crippen LogP contribution in [0.3, 0.4) is 0 Å². The third kappa shape index (κ3) is 5.12. The molecule has 4 aromatic rings. The molecule has 0 saturated carbocycles. The first-order chi connectivity index (χ1) is 20.9. The zero-order valence-electron chi connectivity index (χ0n) is 24.7. The maximum absolute atomic E-state index is 14.4. The van der Waals surface area contributed by atoms with Gasteiger partial charge in [-0.1, -0.05) is 60.2 Å². The minimum atomic E-state index is -0.618. The highest BCUT2D eigenvalue weighted by Gasteiger charge is 2.42. The molecule has 1 amide bonds. The maximum atomic E-state index is 14.4. The van der Waals surface area contributed by atoms with Gasteiger partial charge in [0, 0.05) is 23.3 Å². The molecule has 43 heavy (non-hydrogen) atoms. The summed E-state index contributed by atoms with van der Waals surface area (Å²) >= 11 is 0. The summed E-state index contributed by atoms with van der Waals surface area (Å²) in [5.74, 6) is 1.26. The molecule has 1 aliphatic carbocycles. The summed E-state index contributed by atoms with van der Waals surface area (Å²) in [6, 6.07) is 28.3. The number of anilines is 2. The van der Waals surface area contributed by atoms with E-state index in [9.17, 15) is 9.59 Å². The number of hydrogen-bond acceptors (Lipinski definition) is 6. The molecule has 0 saturated heterocycles. The van der Waals surface area contributed by atoms with Crippen molar-refractivity contribution in [2.45, 2.75) is 31.7 Å². The van der Waals surface area contributed by atoms with Crippen LogP contribution >= 0.6 is 0 Å². The topological polar surface area (TPSA) is 77.1 Å². The highest BCUT2D eigenvalue weighted by atomic mass is 16.5. The van der Waals surface area contributed by atoms with Gasteiger partial charge in [-0.2, -0.15) is 0 Å². The quantitative estimate of drug-likeness (QED) is 0.262. The fraction of sp³-hybridized carbons (Fsp3) is 0.222. The number of rotatable bonds is 6. The van der Waals surface area contributed by atoms with Gasteiger partial charge in [-0.3, -0.25) is 14.5 Å². The Morgan fingerprint density at radius 3 is 2.09 bits per heavy atom. The van der Waals surface area contributed by atoms with Gasteiger partial charge >= 0.3 is 0 Å². The largest absolute Gasteiger partial charge is 0.493 e. The lowest BCUT2D eigenvalue weighted by molar-refractivity contribution is -0.116. The molecule has 7 heteroatoms. The number of carbonyl (C=O) groups is 2. The van der Waals surface area contributed by atoms with Gasteiger partial charge in [0.1, 0.15) is 0 Å². The Hall–Kier alpha value is -5.04. The minimum Gasteiger partial charge on any atom is -0.493 e. The summed E-state index contributed by atoms with van der Waals surface area (Å²) in [4.78, 5) is 30.5. The van der Waals surface area contributed by atoms with Gasteiger partial charge in [0.15, 0.2) is 17.3 Å². The first kappa shape index (κ1) is 28.1. The lowest BCUT2D eigenvalue weighted by Gasteiger charge is -2.35. The number of aryl methyl sites for hydroxylation is 1. The van der Waals surface area contributed by atoms with E-state index in [1.54, 1.807) is 26.2 Å². The summed E-state index contributed by atoms with van der Waals surface area (Å²) in [5.41, 5.74) is 6.34. The van der Waals surface area contributed by atoms with Crippen LogP contribution < -0.4 is 24.4 Å². The molecule has 2 atom stereocenters. The minimum absolute atomic E-state index is 0.0169. The predicted molar refractivity (Wildman–Crippen MR) is 167 cm³/mol. The SMILES string of the molecule is COc1cc([C@@H]2CC(=O)C3=C(C2)Nc2ccccc2N(C(=O)c2ccccc2)[C@H]3c2ccc(C)cc2)cc(OC)c1OC. The normalized spacial score (nSPS) is 17.8. The van der Waals surface area contributed by atoms with Crippen LogP contribution in [-0.4, -0.2) is 33.0 Å². The van der Waals surface area contributed by atoms with Crippen molar-refractivity contribution in [3.8, 4) is 17.2 Å². The molecule has 4 aromatic carbocycles. The van der Waals surface area contributed by atoms with E-state index in [1.807, 2.05) is 97.9 Å². The zero-order chi connectivity index (χ0) is 30.1. The number of methoxy groups -OCH3 is 3. The Balaban J connectivity index is 1.53. The van der Waals surface area contributed by atoms with Crippen LogP contribution in [-0.2, 0) is 4.79 Å². The van der Waals surface area contributed by atoms with Crippen LogP contribution in [0, 0.1) is 6.92 Å². The highest BCUT2D eigenvalue weighted by Crippen LogP contribution is 2.49. The van der Waals surface area contributed by atoms with E-state index in [-0.39, 0.29) is 24.0 Å². The third-order valence-corrected chi connectivity index (χ3v) is 8.28. The summed E-state index contributed by atoms with van der Waals surface area (Å²) in [7, 11) is 4.74. The van der Waals surface area contributed by atoms with Gasteiger partial charge in [0.2, 0.25) is 5.75 Å². The number of ether oxygens (including phenoxy) is 3. The van der Waals surface area contributed by atoms with Crippen molar-refractivity contribution in [1.82, 2.24) is 0 Å². The third-order valence-electron chi connectivity index (χ3n) is 8.28. The molecule has 0 unspecified atom stereocenters. The Morgan fingerprint density at radius 1 is 0.791 bits per heavy atom. The average Bonchev–Trinajstić information content (AvgIpc) is 3.19. The number of nitrogens with zero attached hydrogens (tertiary/aromatic N) is 1. The van der Waals surface area contributed by atoms with Gasteiger partial charge < -0.3 is 19.5 Å². The maximum Gasteiger partial charge on any atom is 0.259 e. The van der Waals surface area contributed by atoms with Crippen LogP contribution in [0.15, 0.2) is 102 Å². The summed E-state index contributed by atoms with van der Waals surface area (Å²) in [5, 5.41) is 3.60. The number of benzene rings is 4. The molecule has 1 N–H and O–H groups in total. The van der Waals surface area contributed by atoms with Crippen LogP contribution in [0.4, 0.5) is 11.4 Å². The van der Waals surface area contributed by atoms with Crippen molar-refractivity contribution >= 4 is 23.1 Å². The molecule has 0 aromatic heterocycles. The smallest absolute Gasteiger partial charge is 0.259 e. The second-order valence-electron chi connectivity index (χ2n) is 10.9. The highest BCUT2D eigenvalue weighted by molar-refractivity contribution is 6.12. The number of fused-ring (bicyclic) bond motifs is 1. The molecule has 7 nitrogen and oxygen atoms in total. The van der Waals surface area contributed by atoms with Gasteiger partial charge in [0.25, 0.3) is 5.91 Å². The van der Waals surface area contributed by atoms with Crippen LogP contribution in [0.25, 0.3) is 0 Å². The van der Waals surface area contributed by atoms with E-state index < -0.39 is 6.04 Å². The van der Waals surface area contributed by atoms with Crippen LogP contribution in [0.2, 0.25) is 0 Å². The first-order valence-electron chi connectivity index (χ1n) is 14.3. The molecule has 1 aliphatic heterocycles. The number of para-hydroxylation sites is 2. The molecule has 1 heterocycles. The van der Waals surface area contributed by atoms with Crippen LogP contribution in [0.1, 0.15) is 51.8 Å².